The Balaban J connectivity index is 2.17. The summed E-state index contributed by atoms with van der Waals surface area (Å²) < 4.78 is 25.8. The maximum atomic E-state index is 12.2. The highest BCUT2D eigenvalue weighted by atomic mass is 32.2. The molecule has 1 saturated heterocycles. The molecule has 1 aromatic rings. The van der Waals surface area contributed by atoms with Crippen LogP contribution in [-0.4, -0.2) is 31.4 Å². The third-order valence-electron chi connectivity index (χ3n) is 3.47. The molecule has 0 spiro atoms. The molecule has 0 bridgehead atoms. The summed E-state index contributed by atoms with van der Waals surface area (Å²) in [5.74, 6) is 0.282. The third kappa shape index (κ3) is 2.10. The van der Waals surface area contributed by atoms with Crippen molar-refractivity contribution < 1.29 is 8.42 Å². The van der Waals surface area contributed by atoms with E-state index in [1.165, 1.54) is 4.31 Å². The Bertz CT molecular complexity index is 490. The summed E-state index contributed by atoms with van der Waals surface area (Å²) in [7, 11) is -3.35. The molecule has 5 heteroatoms. The predicted molar refractivity (Wildman–Crippen MR) is 67.0 cm³/mol. The molecule has 0 unspecified atom stereocenters. The molecule has 1 aromatic carbocycles. The summed E-state index contributed by atoms with van der Waals surface area (Å²) in [6.07, 6.45) is 0. The topological polar surface area (TPSA) is 63.4 Å². The summed E-state index contributed by atoms with van der Waals surface area (Å²) in [6, 6.07) is 8.48. The Morgan fingerprint density at radius 2 is 1.76 bits per heavy atom. The van der Waals surface area contributed by atoms with Gasteiger partial charge in [0.05, 0.1) is 4.90 Å². The third-order valence-corrected chi connectivity index (χ3v) is 5.28. The van der Waals surface area contributed by atoms with Crippen LogP contribution in [-0.2, 0) is 10.0 Å². The molecular formula is C12H18N2O2S. The van der Waals surface area contributed by atoms with Gasteiger partial charge in [0.25, 0.3) is 0 Å². The van der Waals surface area contributed by atoms with Gasteiger partial charge in [-0.3, -0.25) is 0 Å². The Hall–Kier alpha value is -0.910. The van der Waals surface area contributed by atoms with E-state index >= 15 is 0 Å². The van der Waals surface area contributed by atoms with Crippen molar-refractivity contribution in [3.8, 4) is 0 Å². The maximum absolute atomic E-state index is 12.2. The lowest BCUT2D eigenvalue weighted by atomic mass is 9.82. The maximum Gasteiger partial charge on any atom is 0.243 e. The van der Waals surface area contributed by atoms with E-state index < -0.39 is 10.0 Å². The van der Waals surface area contributed by atoms with Crippen molar-refractivity contribution in [3.63, 3.8) is 0 Å². The average Bonchev–Trinajstić information content (AvgIpc) is 2.25. The highest BCUT2D eigenvalue weighted by molar-refractivity contribution is 7.89. The zero-order valence-electron chi connectivity index (χ0n) is 10.1. The summed E-state index contributed by atoms with van der Waals surface area (Å²) >= 11 is 0. The largest absolute Gasteiger partial charge is 0.323 e. The minimum atomic E-state index is -3.35. The molecule has 2 rings (SSSR count). The van der Waals surface area contributed by atoms with Gasteiger partial charge in [-0.2, -0.15) is 4.31 Å². The van der Waals surface area contributed by atoms with Gasteiger partial charge in [0.1, 0.15) is 0 Å². The SMILES string of the molecule is CC(C)C1(N)CN(S(=O)(=O)c2ccccc2)C1. The van der Waals surface area contributed by atoms with E-state index in [0.717, 1.165) is 0 Å². The molecule has 0 aromatic heterocycles. The second kappa shape index (κ2) is 4.08. The lowest BCUT2D eigenvalue weighted by Crippen LogP contribution is -2.70. The number of nitrogens with zero attached hydrogens (tertiary/aromatic N) is 1. The molecule has 17 heavy (non-hydrogen) atoms. The standard InChI is InChI=1S/C12H18N2O2S/c1-10(2)12(13)8-14(9-12)17(15,16)11-6-4-3-5-7-11/h3-7,10H,8-9,13H2,1-2H3. The van der Waals surface area contributed by atoms with Crippen LogP contribution in [0.15, 0.2) is 35.2 Å². The van der Waals surface area contributed by atoms with E-state index in [2.05, 4.69) is 0 Å². The van der Waals surface area contributed by atoms with E-state index in [4.69, 9.17) is 5.73 Å². The molecule has 0 aliphatic carbocycles. The summed E-state index contributed by atoms with van der Waals surface area (Å²) in [6.45, 7) is 4.85. The van der Waals surface area contributed by atoms with Crippen LogP contribution in [0.5, 0.6) is 0 Å². The Labute approximate surface area is 102 Å². The molecule has 1 aliphatic heterocycles. The van der Waals surface area contributed by atoms with Gasteiger partial charge in [-0.15, -0.1) is 0 Å². The highest BCUT2D eigenvalue weighted by Gasteiger charge is 2.47. The van der Waals surface area contributed by atoms with Gasteiger partial charge < -0.3 is 5.73 Å². The van der Waals surface area contributed by atoms with Crippen LogP contribution in [0.2, 0.25) is 0 Å². The molecule has 2 N–H and O–H groups in total. The summed E-state index contributed by atoms with van der Waals surface area (Å²) in [5, 5.41) is 0. The average molecular weight is 254 g/mol. The normalized spacial score (nSPS) is 20.2. The Morgan fingerprint density at radius 1 is 1.24 bits per heavy atom. The van der Waals surface area contributed by atoms with E-state index in [9.17, 15) is 8.42 Å². The zero-order valence-corrected chi connectivity index (χ0v) is 10.9. The molecule has 94 valence electrons. The van der Waals surface area contributed by atoms with Gasteiger partial charge in [0.2, 0.25) is 10.0 Å². The van der Waals surface area contributed by atoms with Crippen molar-refractivity contribution in [2.45, 2.75) is 24.3 Å². The molecule has 4 nitrogen and oxygen atoms in total. The Kier molecular flexibility index (Phi) is 3.01. The first kappa shape index (κ1) is 12.5. The fraction of sp³-hybridized carbons (Fsp3) is 0.500. The van der Waals surface area contributed by atoms with E-state index in [-0.39, 0.29) is 11.5 Å². The molecule has 0 amide bonds. The highest BCUT2D eigenvalue weighted by Crippen LogP contribution is 2.31. The van der Waals surface area contributed by atoms with Crippen LogP contribution in [0, 0.1) is 5.92 Å². The van der Waals surface area contributed by atoms with Crippen molar-refractivity contribution in [1.82, 2.24) is 4.31 Å². The minimum absolute atomic E-state index is 0.282. The zero-order chi connectivity index (χ0) is 12.7. The lowest BCUT2D eigenvalue weighted by Gasteiger charge is -2.49. The fourth-order valence-corrected chi connectivity index (χ4v) is 3.51. The van der Waals surface area contributed by atoms with Crippen LogP contribution in [0.3, 0.4) is 0 Å². The minimum Gasteiger partial charge on any atom is -0.323 e. The van der Waals surface area contributed by atoms with Crippen LogP contribution in [0.25, 0.3) is 0 Å². The first-order valence-electron chi connectivity index (χ1n) is 5.70. The molecule has 1 aliphatic rings. The fourth-order valence-electron chi connectivity index (χ4n) is 1.89. The molecule has 1 fully saturated rings. The number of hydrogen-bond acceptors (Lipinski definition) is 3. The predicted octanol–water partition coefficient (Wildman–Crippen LogP) is 1.04. The Morgan fingerprint density at radius 3 is 2.24 bits per heavy atom. The van der Waals surface area contributed by atoms with Crippen LogP contribution in [0.1, 0.15) is 13.8 Å². The molecule has 0 radical (unpaired) electrons. The molecular weight excluding hydrogens is 236 g/mol. The van der Waals surface area contributed by atoms with Gasteiger partial charge in [-0.1, -0.05) is 32.0 Å². The van der Waals surface area contributed by atoms with E-state index in [0.29, 0.717) is 18.0 Å². The van der Waals surface area contributed by atoms with Crippen molar-refractivity contribution >= 4 is 10.0 Å². The van der Waals surface area contributed by atoms with Crippen LogP contribution >= 0.6 is 0 Å². The number of benzene rings is 1. The van der Waals surface area contributed by atoms with Crippen molar-refractivity contribution in [3.05, 3.63) is 30.3 Å². The first-order valence-corrected chi connectivity index (χ1v) is 7.14. The van der Waals surface area contributed by atoms with E-state index in [1.807, 2.05) is 13.8 Å². The summed E-state index contributed by atoms with van der Waals surface area (Å²) in [5.41, 5.74) is 5.73. The van der Waals surface area contributed by atoms with Crippen LogP contribution < -0.4 is 5.73 Å². The van der Waals surface area contributed by atoms with Crippen molar-refractivity contribution in [2.24, 2.45) is 11.7 Å². The molecule has 1 heterocycles. The number of hydrogen-bond donors (Lipinski definition) is 1. The molecule has 0 atom stereocenters. The number of rotatable bonds is 3. The number of nitrogens with two attached hydrogens (primary N) is 1. The quantitative estimate of drug-likeness (QED) is 0.876. The van der Waals surface area contributed by atoms with Gasteiger partial charge in [0.15, 0.2) is 0 Å². The summed E-state index contributed by atoms with van der Waals surface area (Å²) in [4.78, 5) is 0.339. The molecule has 0 saturated carbocycles. The number of sulfonamides is 1. The monoisotopic (exact) mass is 254 g/mol. The van der Waals surface area contributed by atoms with Gasteiger partial charge in [-0.05, 0) is 18.1 Å². The van der Waals surface area contributed by atoms with Crippen molar-refractivity contribution in [2.75, 3.05) is 13.1 Å². The van der Waals surface area contributed by atoms with E-state index in [1.54, 1.807) is 30.3 Å². The van der Waals surface area contributed by atoms with Crippen molar-refractivity contribution in [1.29, 1.82) is 0 Å². The smallest absolute Gasteiger partial charge is 0.243 e. The van der Waals surface area contributed by atoms with Gasteiger partial charge >= 0.3 is 0 Å². The first-order chi connectivity index (χ1) is 7.86. The lowest BCUT2D eigenvalue weighted by molar-refractivity contribution is 0.110. The van der Waals surface area contributed by atoms with Gasteiger partial charge in [0, 0.05) is 18.6 Å². The second-order valence-corrected chi connectivity index (χ2v) is 6.91. The second-order valence-electron chi connectivity index (χ2n) is 4.97. The van der Waals surface area contributed by atoms with Crippen LogP contribution in [0.4, 0.5) is 0 Å². The van der Waals surface area contributed by atoms with Gasteiger partial charge in [-0.25, -0.2) is 8.42 Å².